The Morgan fingerprint density at radius 1 is 1.37 bits per heavy atom. The summed E-state index contributed by atoms with van der Waals surface area (Å²) in [6.07, 6.45) is 6.52. The van der Waals surface area contributed by atoms with E-state index >= 15 is 0 Å². The first kappa shape index (κ1) is 13.5. The van der Waals surface area contributed by atoms with Gasteiger partial charge in [0.1, 0.15) is 12.7 Å². The minimum Gasteiger partial charge on any atom is -0.481 e. The zero-order valence-electron chi connectivity index (χ0n) is 10.7. The summed E-state index contributed by atoms with van der Waals surface area (Å²) in [5.41, 5.74) is 0. The van der Waals surface area contributed by atoms with Crippen LogP contribution in [0.15, 0.2) is 12.7 Å². The zero-order valence-corrected chi connectivity index (χ0v) is 10.7. The monoisotopic (exact) mass is 266 g/mol. The van der Waals surface area contributed by atoms with E-state index in [-0.39, 0.29) is 18.4 Å². The summed E-state index contributed by atoms with van der Waals surface area (Å²) in [5, 5.41) is 15.9. The van der Waals surface area contributed by atoms with Crippen molar-refractivity contribution >= 4 is 11.9 Å². The molecule has 2 N–H and O–H groups in total. The number of amides is 1. The van der Waals surface area contributed by atoms with Gasteiger partial charge in [0, 0.05) is 12.5 Å². The Labute approximate surface area is 111 Å². The molecule has 0 aliphatic heterocycles. The van der Waals surface area contributed by atoms with E-state index in [1.54, 1.807) is 11.0 Å². The van der Waals surface area contributed by atoms with Crippen molar-refractivity contribution in [1.82, 2.24) is 20.1 Å². The Morgan fingerprint density at radius 3 is 2.84 bits per heavy atom. The van der Waals surface area contributed by atoms with Gasteiger partial charge in [0.2, 0.25) is 5.91 Å². The van der Waals surface area contributed by atoms with E-state index in [1.807, 2.05) is 0 Å². The van der Waals surface area contributed by atoms with Crippen LogP contribution < -0.4 is 5.32 Å². The van der Waals surface area contributed by atoms with Gasteiger partial charge < -0.3 is 10.4 Å². The molecule has 1 aliphatic carbocycles. The van der Waals surface area contributed by atoms with Crippen LogP contribution in [-0.4, -0.2) is 37.8 Å². The van der Waals surface area contributed by atoms with E-state index in [4.69, 9.17) is 5.11 Å². The Balaban J connectivity index is 1.81. The molecule has 1 aromatic heterocycles. The van der Waals surface area contributed by atoms with Crippen molar-refractivity contribution < 1.29 is 14.7 Å². The molecule has 1 aromatic rings. The smallest absolute Gasteiger partial charge is 0.308 e. The largest absolute Gasteiger partial charge is 0.481 e. The van der Waals surface area contributed by atoms with Crippen LogP contribution in [0.4, 0.5) is 0 Å². The molecule has 0 bridgehead atoms. The molecule has 0 saturated heterocycles. The predicted molar refractivity (Wildman–Crippen MR) is 66.2 cm³/mol. The molecule has 1 saturated carbocycles. The van der Waals surface area contributed by atoms with Crippen molar-refractivity contribution in [2.24, 2.45) is 5.92 Å². The molecule has 1 heterocycles. The number of carboxylic acid groups (broad SMARTS) is 1. The fourth-order valence-electron chi connectivity index (χ4n) is 2.44. The van der Waals surface area contributed by atoms with Crippen LogP contribution in [0.2, 0.25) is 0 Å². The summed E-state index contributed by atoms with van der Waals surface area (Å²) in [6, 6.07) is -0.241. The predicted octanol–water partition coefficient (Wildman–Crippen LogP) is 0.428. The molecule has 1 fully saturated rings. The Morgan fingerprint density at radius 2 is 2.16 bits per heavy atom. The SMILES string of the molecule is O=C(CCn1cncn1)NC1CCCCC1C(=O)O. The topological polar surface area (TPSA) is 97.1 Å². The van der Waals surface area contributed by atoms with Gasteiger partial charge >= 0.3 is 5.97 Å². The van der Waals surface area contributed by atoms with E-state index < -0.39 is 11.9 Å². The van der Waals surface area contributed by atoms with Crippen LogP contribution in [0.1, 0.15) is 32.1 Å². The highest BCUT2D eigenvalue weighted by Gasteiger charge is 2.31. The number of rotatable bonds is 5. The van der Waals surface area contributed by atoms with E-state index in [0.717, 1.165) is 19.3 Å². The van der Waals surface area contributed by atoms with Gasteiger partial charge in [-0.25, -0.2) is 4.98 Å². The molecule has 19 heavy (non-hydrogen) atoms. The van der Waals surface area contributed by atoms with E-state index in [1.165, 1.54) is 6.33 Å². The molecular weight excluding hydrogens is 248 g/mol. The van der Waals surface area contributed by atoms with Crippen molar-refractivity contribution in [2.75, 3.05) is 0 Å². The van der Waals surface area contributed by atoms with Crippen molar-refractivity contribution in [3.8, 4) is 0 Å². The molecule has 1 amide bonds. The lowest BCUT2D eigenvalue weighted by Crippen LogP contribution is -2.45. The molecule has 2 rings (SSSR count). The molecule has 7 nitrogen and oxygen atoms in total. The standard InChI is InChI=1S/C12H18N4O3/c17-11(5-6-16-8-13-7-14-16)15-10-4-2-1-3-9(10)12(18)19/h7-10H,1-6H2,(H,15,17)(H,18,19). The summed E-state index contributed by atoms with van der Waals surface area (Å²) in [6.45, 7) is 0.455. The van der Waals surface area contributed by atoms with Gasteiger partial charge in [0.25, 0.3) is 0 Å². The van der Waals surface area contributed by atoms with Gasteiger partial charge in [-0.1, -0.05) is 12.8 Å². The highest BCUT2D eigenvalue weighted by Crippen LogP contribution is 2.24. The minimum absolute atomic E-state index is 0.131. The summed E-state index contributed by atoms with van der Waals surface area (Å²) >= 11 is 0. The summed E-state index contributed by atoms with van der Waals surface area (Å²) in [4.78, 5) is 26.7. The second-order valence-electron chi connectivity index (χ2n) is 4.81. The van der Waals surface area contributed by atoms with Gasteiger partial charge in [0.15, 0.2) is 0 Å². The number of hydrogen-bond donors (Lipinski definition) is 2. The summed E-state index contributed by atoms with van der Waals surface area (Å²) in [7, 11) is 0. The first-order valence-corrected chi connectivity index (χ1v) is 6.51. The van der Waals surface area contributed by atoms with Crippen molar-refractivity contribution in [2.45, 2.75) is 44.7 Å². The second-order valence-corrected chi connectivity index (χ2v) is 4.81. The van der Waals surface area contributed by atoms with Gasteiger partial charge in [0.05, 0.1) is 12.5 Å². The Hall–Kier alpha value is -1.92. The van der Waals surface area contributed by atoms with Gasteiger partial charge in [-0.05, 0) is 12.8 Å². The number of hydrogen-bond acceptors (Lipinski definition) is 4. The third-order valence-corrected chi connectivity index (χ3v) is 3.46. The fourth-order valence-corrected chi connectivity index (χ4v) is 2.44. The Bertz CT molecular complexity index is 432. The van der Waals surface area contributed by atoms with E-state index in [2.05, 4.69) is 15.4 Å². The second kappa shape index (κ2) is 6.31. The highest BCUT2D eigenvalue weighted by atomic mass is 16.4. The van der Waals surface area contributed by atoms with E-state index in [0.29, 0.717) is 13.0 Å². The number of nitrogens with zero attached hydrogens (tertiary/aromatic N) is 3. The van der Waals surface area contributed by atoms with Crippen LogP contribution in [-0.2, 0) is 16.1 Å². The first-order valence-electron chi connectivity index (χ1n) is 6.51. The molecule has 2 atom stereocenters. The third-order valence-electron chi connectivity index (χ3n) is 3.46. The van der Waals surface area contributed by atoms with Crippen LogP contribution in [0.25, 0.3) is 0 Å². The number of aromatic nitrogens is 3. The molecule has 104 valence electrons. The van der Waals surface area contributed by atoms with Gasteiger partial charge in [-0.15, -0.1) is 0 Å². The molecule has 0 aromatic carbocycles. The minimum atomic E-state index is -0.818. The number of aryl methyl sites for hydroxylation is 1. The van der Waals surface area contributed by atoms with Crippen LogP contribution >= 0.6 is 0 Å². The zero-order chi connectivity index (χ0) is 13.7. The number of nitrogens with one attached hydrogen (secondary N) is 1. The van der Waals surface area contributed by atoms with Crippen molar-refractivity contribution in [1.29, 1.82) is 0 Å². The van der Waals surface area contributed by atoms with Crippen molar-refractivity contribution in [3.63, 3.8) is 0 Å². The van der Waals surface area contributed by atoms with Gasteiger partial charge in [-0.2, -0.15) is 5.10 Å². The lowest BCUT2D eigenvalue weighted by Gasteiger charge is -2.29. The lowest BCUT2D eigenvalue weighted by atomic mass is 9.84. The third kappa shape index (κ3) is 3.77. The van der Waals surface area contributed by atoms with Gasteiger partial charge in [-0.3, -0.25) is 14.3 Å². The highest BCUT2D eigenvalue weighted by molar-refractivity contribution is 5.78. The normalized spacial score (nSPS) is 22.9. The molecule has 2 unspecified atom stereocenters. The number of carbonyl (C=O) groups is 2. The summed E-state index contributed by atoms with van der Waals surface area (Å²) < 4.78 is 1.58. The molecule has 0 spiro atoms. The fraction of sp³-hybridized carbons (Fsp3) is 0.667. The summed E-state index contributed by atoms with van der Waals surface area (Å²) in [5.74, 6) is -1.40. The van der Waals surface area contributed by atoms with E-state index in [9.17, 15) is 9.59 Å². The average molecular weight is 266 g/mol. The van der Waals surface area contributed by atoms with Crippen LogP contribution in [0, 0.1) is 5.92 Å². The lowest BCUT2D eigenvalue weighted by molar-refractivity contribution is -0.144. The molecule has 0 radical (unpaired) electrons. The maximum atomic E-state index is 11.8. The average Bonchev–Trinajstić information content (AvgIpc) is 2.90. The molecular formula is C12H18N4O3. The van der Waals surface area contributed by atoms with Crippen LogP contribution in [0.3, 0.4) is 0 Å². The maximum absolute atomic E-state index is 11.8. The van der Waals surface area contributed by atoms with Crippen molar-refractivity contribution in [3.05, 3.63) is 12.7 Å². The number of carboxylic acids is 1. The first-order chi connectivity index (χ1) is 9.16. The maximum Gasteiger partial charge on any atom is 0.308 e. The van der Waals surface area contributed by atoms with Crippen LogP contribution in [0.5, 0.6) is 0 Å². The number of carbonyl (C=O) groups excluding carboxylic acids is 1. The quantitative estimate of drug-likeness (QED) is 0.805. The molecule has 1 aliphatic rings. The molecule has 7 heteroatoms. The Kier molecular flexibility index (Phi) is 4.48. The number of aliphatic carboxylic acids is 1.